The normalized spacial score (nSPS) is 17.8. The van der Waals surface area contributed by atoms with Crippen molar-refractivity contribution in [3.05, 3.63) is 21.4 Å². The van der Waals surface area contributed by atoms with E-state index in [9.17, 15) is 0 Å². The molecule has 1 heterocycles. The Hall–Kier alpha value is -0.340. The molecule has 0 radical (unpaired) electrons. The van der Waals surface area contributed by atoms with Crippen molar-refractivity contribution in [2.24, 2.45) is 5.92 Å². The summed E-state index contributed by atoms with van der Waals surface area (Å²) < 4.78 is 0. The Labute approximate surface area is 129 Å². The van der Waals surface area contributed by atoms with Crippen LogP contribution in [0.5, 0.6) is 0 Å². The standard InChI is InChI=1S/C18H31NS/c1-4-8-14(3)12-16(19-11-5-2)18-13-15-9-6-7-10-17(15)20-18/h13-14,16,19H,4-12H2,1-3H3. The minimum atomic E-state index is 0.590. The summed E-state index contributed by atoms with van der Waals surface area (Å²) in [7, 11) is 0. The monoisotopic (exact) mass is 293 g/mol. The van der Waals surface area contributed by atoms with E-state index < -0.39 is 0 Å². The second-order valence-electron chi connectivity index (χ2n) is 6.44. The van der Waals surface area contributed by atoms with Crippen LogP contribution >= 0.6 is 11.3 Å². The van der Waals surface area contributed by atoms with E-state index in [0.29, 0.717) is 6.04 Å². The summed E-state index contributed by atoms with van der Waals surface area (Å²) in [5.41, 5.74) is 1.66. The van der Waals surface area contributed by atoms with Crippen molar-refractivity contribution >= 4 is 11.3 Å². The average Bonchev–Trinajstić information content (AvgIpc) is 2.87. The Morgan fingerprint density at radius 2 is 2.00 bits per heavy atom. The van der Waals surface area contributed by atoms with Crippen molar-refractivity contribution in [1.82, 2.24) is 5.32 Å². The average molecular weight is 294 g/mol. The van der Waals surface area contributed by atoms with Gasteiger partial charge >= 0.3 is 0 Å². The first-order valence-corrected chi connectivity index (χ1v) is 9.41. The zero-order valence-corrected chi connectivity index (χ0v) is 14.3. The minimum absolute atomic E-state index is 0.590. The Bertz CT molecular complexity index is 373. The Balaban J connectivity index is 2.06. The molecule has 1 aromatic heterocycles. The molecule has 2 unspecified atom stereocenters. The van der Waals surface area contributed by atoms with Crippen molar-refractivity contribution in [3.8, 4) is 0 Å². The first-order chi connectivity index (χ1) is 9.74. The molecule has 114 valence electrons. The second-order valence-corrected chi connectivity index (χ2v) is 7.61. The SMILES string of the molecule is CCCNC(CC(C)CCC)c1cc2c(s1)CCCC2. The third-order valence-electron chi connectivity index (χ3n) is 4.42. The van der Waals surface area contributed by atoms with Crippen molar-refractivity contribution in [1.29, 1.82) is 0 Å². The van der Waals surface area contributed by atoms with Crippen LogP contribution < -0.4 is 5.32 Å². The summed E-state index contributed by atoms with van der Waals surface area (Å²) in [6.07, 6.45) is 10.6. The van der Waals surface area contributed by atoms with E-state index >= 15 is 0 Å². The molecular formula is C18H31NS. The summed E-state index contributed by atoms with van der Waals surface area (Å²) >= 11 is 2.09. The molecule has 0 saturated carbocycles. The molecule has 0 fully saturated rings. The number of rotatable bonds is 8. The van der Waals surface area contributed by atoms with Gasteiger partial charge in [-0.15, -0.1) is 11.3 Å². The van der Waals surface area contributed by atoms with Crippen LogP contribution in [-0.4, -0.2) is 6.54 Å². The van der Waals surface area contributed by atoms with Crippen LogP contribution in [0.1, 0.15) is 80.7 Å². The highest BCUT2D eigenvalue weighted by Crippen LogP contribution is 2.35. The first kappa shape index (κ1) is 16.0. The van der Waals surface area contributed by atoms with E-state index in [1.165, 1.54) is 51.4 Å². The molecule has 0 spiro atoms. The fraction of sp³-hybridized carbons (Fsp3) is 0.778. The van der Waals surface area contributed by atoms with E-state index in [4.69, 9.17) is 0 Å². The summed E-state index contributed by atoms with van der Waals surface area (Å²) in [6, 6.07) is 3.11. The zero-order chi connectivity index (χ0) is 14.4. The molecule has 1 aliphatic rings. The fourth-order valence-corrected chi connectivity index (χ4v) is 4.66. The molecule has 0 saturated heterocycles. The maximum atomic E-state index is 3.79. The lowest BCUT2D eigenvalue weighted by Gasteiger charge is -2.21. The lowest BCUT2D eigenvalue weighted by molar-refractivity contribution is 0.394. The van der Waals surface area contributed by atoms with Gasteiger partial charge in [0.2, 0.25) is 0 Å². The van der Waals surface area contributed by atoms with Gasteiger partial charge in [0.25, 0.3) is 0 Å². The first-order valence-electron chi connectivity index (χ1n) is 8.59. The van der Waals surface area contributed by atoms with Crippen molar-refractivity contribution in [3.63, 3.8) is 0 Å². The van der Waals surface area contributed by atoms with Gasteiger partial charge in [-0.25, -0.2) is 0 Å². The van der Waals surface area contributed by atoms with Crippen molar-refractivity contribution < 1.29 is 0 Å². The van der Waals surface area contributed by atoms with Crippen LogP contribution in [0.25, 0.3) is 0 Å². The van der Waals surface area contributed by atoms with Gasteiger partial charge in [-0.2, -0.15) is 0 Å². The number of aryl methyl sites for hydroxylation is 2. The number of fused-ring (bicyclic) bond motifs is 1. The predicted molar refractivity (Wildman–Crippen MR) is 90.7 cm³/mol. The van der Waals surface area contributed by atoms with Crippen LogP contribution in [-0.2, 0) is 12.8 Å². The van der Waals surface area contributed by atoms with Gasteiger partial charge in [-0.1, -0.05) is 33.6 Å². The van der Waals surface area contributed by atoms with Gasteiger partial charge in [0, 0.05) is 15.8 Å². The molecule has 0 bridgehead atoms. The quantitative estimate of drug-likeness (QED) is 0.668. The minimum Gasteiger partial charge on any atom is -0.309 e. The van der Waals surface area contributed by atoms with Crippen molar-refractivity contribution in [2.45, 2.75) is 78.2 Å². The Morgan fingerprint density at radius 1 is 1.20 bits per heavy atom. The van der Waals surface area contributed by atoms with Gasteiger partial charge in [0.05, 0.1) is 0 Å². The highest BCUT2D eigenvalue weighted by molar-refractivity contribution is 7.12. The number of hydrogen-bond acceptors (Lipinski definition) is 2. The third kappa shape index (κ3) is 4.33. The smallest absolute Gasteiger partial charge is 0.0417 e. The molecule has 2 atom stereocenters. The topological polar surface area (TPSA) is 12.0 Å². The highest BCUT2D eigenvalue weighted by Gasteiger charge is 2.20. The number of thiophene rings is 1. The molecule has 2 rings (SSSR count). The Morgan fingerprint density at radius 3 is 2.70 bits per heavy atom. The Kier molecular flexibility index (Phi) is 6.57. The zero-order valence-electron chi connectivity index (χ0n) is 13.5. The summed E-state index contributed by atoms with van der Waals surface area (Å²) in [4.78, 5) is 3.28. The molecular weight excluding hydrogens is 262 g/mol. The summed E-state index contributed by atoms with van der Waals surface area (Å²) in [5.74, 6) is 0.827. The summed E-state index contributed by atoms with van der Waals surface area (Å²) in [6.45, 7) is 8.12. The second kappa shape index (κ2) is 8.19. The van der Waals surface area contributed by atoms with Gasteiger partial charge in [0.15, 0.2) is 0 Å². The van der Waals surface area contributed by atoms with Crippen LogP contribution in [0.2, 0.25) is 0 Å². The molecule has 0 amide bonds. The maximum Gasteiger partial charge on any atom is 0.0417 e. The summed E-state index contributed by atoms with van der Waals surface area (Å²) in [5, 5.41) is 3.79. The van der Waals surface area contributed by atoms with Crippen LogP contribution in [0.3, 0.4) is 0 Å². The van der Waals surface area contributed by atoms with Crippen molar-refractivity contribution in [2.75, 3.05) is 6.54 Å². The molecule has 1 N–H and O–H groups in total. The van der Waals surface area contributed by atoms with Gasteiger partial charge < -0.3 is 5.32 Å². The molecule has 2 heteroatoms. The largest absolute Gasteiger partial charge is 0.309 e. The predicted octanol–water partition coefficient (Wildman–Crippen LogP) is 5.49. The third-order valence-corrected chi connectivity index (χ3v) is 5.77. The van der Waals surface area contributed by atoms with E-state index in [0.717, 1.165) is 12.5 Å². The van der Waals surface area contributed by atoms with Crippen LogP contribution in [0.4, 0.5) is 0 Å². The maximum absolute atomic E-state index is 3.79. The van der Waals surface area contributed by atoms with Gasteiger partial charge in [0.1, 0.15) is 0 Å². The number of hydrogen-bond donors (Lipinski definition) is 1. The lowest BCUT2D eigenvalue weighted by Crippen LogP contribution is -2.23. The van der Waals surface area contributed by atoms with Crippen LogP contribution in [0, 0.1) is 5.92 Å². The number of nitrogens with one attached hydrogen (secondary N) is 1. The molecule has 20 heavy (non-hydrogen) atoms. The molecule has 1 aliphatic carbocycles. The van der Waals surface area contributed by atoms with E-state index in [2.05, 4.69) is 43.5 Å². The fourth-order valence-electron chi connectivity index (χ4n) is 3.32. The van der Waals surface area contributed by atoms with E-state index in [1.54, 1.807) is 15.3 Å². The van der Waals surface area contributed by atoms with Gasteiger partial charge in [-0.3, -0.25) is 0 Å². The van der Waals surface area contributed by atoms with Gasteiger partial charge in [-0.05, 0) is 62.6 Å². The molecule has 0 aromatic carbocycles. The van der Waals surface area contributed by atoms with Crippen LogP contribution in [0.15, 0.2) is 6.07 Å². The highest BCUT2D eigenvalue weighted by atomic mass is 32.1. The molecule has 1 aromatic rings. The molecule has 0 aliphatic heterocycles. The van der Waals surface area contributed by atoms with E-state index in [-0.39, 0.29) is 0 Å². The molecule has 1 nitrogen and oxygen atoms in total. The lowest BCUT2D eigenvalue weighted by atomic mass is 9.94. The van der Waals surface area contributed by atoms with E-state index in [1.807, 2.05) is 0 Å².